The van der Waals surface area contributed by atoms with E-state index in [1.165, 1.54) is 16.7 Å². The molecule has 146 valence electrons. The molecule has 3 aromatic rings. The third-order valence-corrected chi connectivity index (χ3v) is 5.60. The number of rotatable bonds is 3. The lowest BCUT2D eigenvalue weighted by atomic mass is 10.2. The van der Waals surface area contributed by atoms with Crippen molar-refractivity contribution in [2.24, 2.45) is 0 Å². The summed E-state index contributed by atoms with van der Waals surface area (Å²) in [6.45, 7) is -0.697. The average molecular weight is 432 g/mol. The fourth-order valence-corrected chi connectivity index (χ4v) is 4.16. The minimum atomic E-state index is -1.25. The lowest BCUT2D eigenvalue weighted by Crippen LogP contribution is -2.32. The van der Waals surface area contributed by atoms with Crippen LogP contribution in [0.15, 0.2) is 70.5 Å². The van der Waals surface area contributed by atoms with E-state index >= 15 is 0 Å². The minimum Gasteiger partial charge on any atom is -0.452 e. The van der Waals surface area contributed by atoms with Gasteiger partial charge in [0.05, 0.1) is 11.4 Å². The van der Waals surface area contributed by atoms with E-state index < -0.39 is 35.7 Å². The van der Waals surface area contributed by atoms with Gasteiger partial charge in [0, 0.05) is 14.8 Å². The molecule has 0 saturated carbocycles. The molecule has 1 heterocycles. The Kier molecular flexibility index (Phi) is 5.25. The smallest absolute Gasteiger partial charge is 0.344 e. The standard InChI is InChI=1S/C21H12ClF2NO3S/c22-12-8-9-18-16(10-12)25(15-6-1-2-7-17(15)29-18)19(26)11-28-21(27)20-13(23)4-3-5-14(20)24/h1-10H,11H2. The van der Waals surface area contributed by atoms with E-state index in [0.717, 1.165) is 28.0 Å². The van der Waals surface area contributed by atoms with Gasteiger partial charge in [-0.1, -0.05) is 41.6 Å². The van der Waals surface area contributed by atoms with E-state index in [9.17, 15) is 18.4 Å². The number of anilines is 2. The van der Waals surface area contributed by atoms with Crippen molar-refractivity contribution in [1.29, 1.82) is 0 Å². The van der Waals surface area contributed by atoms with Gasteiger partial charge in [0.2, 0.25) is 0 Å². The molecule has 0 spiro atoms. The second kappa shape index (κ2) is 7.85. The first-order chi connectivity index (χ1) is 14.0. The monoisotopic (exact) mass is 431 g/mol. The molecule has 0 radical (unpaired) electrons. The van der Waals surface area contributed by atoms with Gasteiger partial charge in [0.25, 0.3) is 5.91 Å². The highest BCUT2D eigenvalue weighted by atomic mass is 35.5. The maximum absolute atomic E-state index is 13.8. The molecular weight excluding hydrogens is 420 g/mol. The first-order valence-electron chi connectivity index (χ1n) is 8.46. The van der Waals surface area contributed by atoms with E-state index in [4.69, 9.17) is 16.3 Å². The number of halogens is 3. The zero-order valence-corrected chi connectivity index (χ0v) is 16.3. The fraction of sp³-hybridized carbons (Fsp3) is 0.0476. The Morgan fingerprint density at radius 3 is 2.38 bits per heavy atom. The molecule has 1 aliphatic rings. The maximum atomic E-state index is 13.8. The van der Waals surface area contributed by atoms with Crippen LogP contribution in [0.25, 0.3) is 0 Å². The molecule has 0 fully saturated rings. The summed E-state index contributed by atoms with van der Waals surface area (Å²) in [7, 11) is 0. The van der Waals surface area contributed by atoms with Gasteiger partial charge < -0.3 is 4.74 Å². The van der Waals surface area contributed by atoms with Crippen molar-refractivity contribution < 1.29 is 23.1 Å². The third-order valence-electron chi connectivity index (χ3n) is 4.23. The highest BCUT2D eigenvalue weighted by Crippen LogP contribution is 2.48. The zero-order chi connectivity index (χ0) is 20.5. The van der Waals surface area contributed by atoms with Crippen molar-refractivity contribution in [2.45, 2.75) is 9.79 Å². The van der Waals surface area contributed by atoms with E-state index in [0.29, 0.717) is 16.4 Å². The first kappa shape index (κ1) is 19.4. The number of fused-ring (bicyclic) bond motifs is 2. The summed E-state index contributed by atoms with van der Waals surface area (Å²) in [6.07, 6.45) is 0. The van der Waals surface area contributed by atoms with Gasteiger partial charge in [-0.3, -0.25) is 9.69 Å². The second-order valence-electron chi connectivity index (χ2n) is 6.08. The Morgan fingerprint density at radius 2 is 1.62 bits per heavy atom. The number of hydrogen-bond acceptors (Lipinski definition) is 4. The summed E-state index contributed by atoms with van der Waals surface area (Å²) < 4.78 is 32.4. The number of carbonyl (C=O) groups excluding carboxylic acids is 2. The van der Waals surface area contributed by atoms with E-state index in [1.54, 1.807) is 30.3 Å². The lowest BCUT2D eigenvalue weighted by molar-refractivity contribution is -0.121. The number of nitrogens with zero attached hydrogens (tertiary/aromatic N) is 1. The highest BCUT2D eigenvalue weighted by Gasteiger charge is 2.29. The van der Waals surface area contributed by atoms with E-state index in [-0.39, 0.29) is 0 Å². The molecule has 0 unspecified atom stereocenters. The summed E-state index contributed by atoms with van der Waals surface area (Å²) in [5.74, 6) is -3.94. The Balaban J connectivity index is 1.62. The predicted molar refractivity (Wildman–Crippen MR) is 106 cm³/mol. The van der Waals surface area contributed by atoms with Gasteiger partial charge in [-0.05, 0) is 42.5 Å². The SMILES string of the molecule is O=C(OCC(=O)N1c2ccccc2Sc2ccc(Cl)cc21)c1c(F)cccc1F. The normalized spacial score (nSPS) is 12.2. The number of hydrogen-bond donors (Lipinski definition) is 0. The van der Waals surface area contributed by atoms with E-state index in [2.05, 4.69) is 0 Å². The fourth-order valence-electron chi connectivity index (χ4n) is 2.95. The zero-order valence-electron chi connectivity index (χ0n) is 14.7. The van der Waals surface area contributed by atoms with Crippen LogP contribution in [-0.2, 0) is 9.53 Å². The predicted octanol–water partition coefficient (Wildman–Crippen LogP) is 5.60. The number of ether oxygens (including phenoxy) is 1. The van der Waals surface area contributed by atoms with Gasteiger partial charge in [-0.25, -0.2) is 13.6 Å². The summed E-state index contributed by atoms with van der Waals surface area (Å²) in [4.78, 5) is 28.1. The van der Waals surface area contributed by atoms with Crippen molar-refractivity contribution in [3.8, 4) is 0 Å². The van der Waals surface area contributed by atoms with E-state index in [1.807, 2.05) is 12.1 Å². The summed E-state index contributed by atoms with van der Waals surface area (Å²) in [6, 6.07) is 15.4. The number of amides is 1. The van der Waals surface area contributed by atoms with Crippen LogP contribution >= 0.6 is 23.4 Å². The van der Waals surface area contributed by atoms with Crippen molar-refractivity contribution >= 4 is 46.6 Å². The topological polar surface area (TPSA) is 46.6 Å². The Morgan fingerprint density at radius 1 is 0.931 bits per heavy atom. The van der Waals surface area contributed by atoms with Crippen molar-refractivity contribution in [2.75, 3.05) is 11.5 Å². The average Bonchev–Trinajstić information content (AvgIpc) is 2.70. The molecule has 8 heteroatoms. The van der Waals surface area contributed by atoms with Crippen molar-refractivity contribution in [1.82, 2.24) is 0 Å². The maximum Gasteiger partial charge on any atom is 0.344 e. The van der Waals surface area contributed by atoms with Crippen LogP contribution in [0, 0.1) is 11.6 Å². The molecule has 1 aliphatic heterocycles. The molecule has 0 aromatic heterocycles. The molecule has 29 heavy (non-hydrogen) atoms. The molecular formula is C21H12ClF2NO3S. The number of benzene rings is 3. The third kappa shape index (κ3) is 3.71. The van der Waals surface area contributed by atoms with Gasteiger partial charge in [-0.2, -0.15) is 0 Å². The van der Waals surface area contributed by atoms with Crippen LogP contribution in [0.3, 0.4) is 0 Å². The summed E-state index contributed by atoms with van der Waals surface area (Å²) in [5.41, 5.74) is 0.308. The molecule has 0 bridgehead atoms. The molecule has 0 N–H and O–H groups in total. The minimum absolute atomic E-state index is 0.437. The van der Waals surface area contributed by atoms with Gasteiger partial charge >= 0.3 is 5.97 Å². The van der Waals surface area contributed by atoms with Gasteiger partial charge in [0.15, 0.2) is 6.61 Å². The number of esters is 1. The molecule has 0 aliphatic carbocycles. The molecule has 0 saturated heterocycles. The molecule has 3 aromatic carbocycles. The quantitative estimate of drug-likeness (QED) is 0.506. The van der Waals surface area contributed by atoms with Crippen LogP contribution in [-0.4, -0.2) is 18.5 Å². The number of para-hydroxylation sites is 1. The summed E-state index contributed by atoms with van der Waals surface area (Å²) >= 11 is 7.58. The van der Waals surface area contributed by atoms with Crippen molar-refractivity contribution in [3.63, 3.8) is 0 Å². The largest absolute Gasteiger partial charge is 0.452 e. The van der Waals surface area contributed by atoms with Gasteiger partial charge in [-0.15, -0.1) is 0 Å². The second-order valence-corrected chi connectivity index (χ2v) is 7.60. The van der Waals surface area contributed by atoms with Crippen LogP contribution in [0.2, 0.25) is 5.02 Å². The molecule has 4 nitrogen and oxygen atoms in total. The molecule has 4 rings (SSSR count). The summed E-state index contributed by atoms with van der Waals surface area (Å²) in [5, 5.41) is 0.437. The lowest BCUT2D eigenvalue weighted by Gasteiger charge is -2.31. The van der Waals surface area contributed by atoms with Gasteiger partial charge in [0.1, 0.15) is 17.2 Å². The Bertz CT molecular complexity index is 1120. The first-order valence-corrected chi connectivity index (χ1v) is 9.65. The van der Waals surface area contributed by atoms with Crippen molar-refractivity contribution in [3.05, 3.63) is 82.9 Å². The molecule has 1 amide bonds. The Labute approximate surface area is 174 Å². The number of carbonyl (C=O) groups is 2. The Hall–Kier alpha value is -2.90. The van der Waals surface area contributed by atoms with Crippen LogP contribution in [0.1, 0.15) is 10.4 Å². The van der Waals surface area contributed by atoms with Crippen LogP contribution in [0.5, 0.6) is 0 Å². The highest BCUT2D eigenvalue weighted by molar-refractivity contribution is 7.99. The van der Waals surface area contributed by atoms with Crippen LogP contribution < -0.4 is 4.90 Å². The molecule has 0 atom stereocenters. The van der Waals surface area contributed by atoms with Crippen LogP contribution in [0.4, 0.5) is 20.2 Å².